The number of amides is 2. The van der Waals surface area contributed by atoms with Crippen molar-refractivity contribution in [2.75, 3.05) is 18.1 Å². The molecule has 1 fully saturated rings. The molecule has 0 bridgehead atoms. The smallest absolute Gasteiger partial charge is 0.327 e. The minimum absolute atomic E-state index is 0.160. The van der Waals surface area contributed by atoms with Gasteiger partial charge in [0.15, 0.2) is 12.1 Å². The molecule has 2 atom stereocenters. The highest BCUT2D eigenvalue weighted by atomic mass is 16.6. The summed E-state index contributed by atoms with van der Waals surface area (Å²) in [6.07, 6.45) is 0. The van der Waals surface area contributed by atoms with Crippen LogP contribution < -0.4 is 4.90 Å². The lowest BCUT2D eigenvalue weighted by atomic mass is 10.2. The Morgan fingerprint density at radius 3 is 2.56 bits per heavy atom. The second kappa shape index (κ2) is 6.26. The molecule has 2 aliphatic rings. The molecule has 0 unspecified atom stereocenters. The number of carbonyl (C=O) groups excluding carboxylic acids is 3. The number of ether oxygens (including phenoxy) is 1. The van der Waals surface area contributed by atoms with Crippen molar-refractivity contribution in [2.45, 2.75) is 19.0 Å². The van der Waals surface area contributed by atoms with E-state index in [9.17, 15) is 24.5 Å². The van der Waals surface area contributed by atoms with E-state index in [1.165, 1.54) is 24.3 Å². The zero-order chi connectivity index (χ0) is 18.1. The van der Waals surface area contributed by atoms with Gasteiger partial charge in [-0.1, -0.05) is 5.22 Å². The fraction of sp³-hybridized carbons (Fsp3) is 0.357. The summed E-state index contributed by atoms with van der Waals surface area (Å²) in [4.78, 5) is 47.7. The maximum Gasteiger partial charge on any atom is 0.327 e. The van der Waals surface area contributed by atoms with Crippen molar-refractivity contribution < 1.29 is 24.0 Å². The quantitative estimate of drug-likeness (QED) is 0.326. The molecule has 130 valence electrons. The van der Waals surface area contributed by atoms with Crippen molar-refractivity contribution in [3.8, 4) is 0 Å². The Morgan fingerprint density at radius 1 is 1.28 bits per heavy atom. The highest BCUT2D eigenvalue weighted by molar-refractivity contribution is 6.25. The van der Waals surface area contributed by atoms with Crippen LogP contribution in [-0.4, -0.2) is 53.0 Å². The van der Waals surface area contributed by atoms with Crippen LogP contribution >= 0.6 is 0 Å². The second-order valence-corrected chi connectivity index (χ2v) is 5.28. The van der Waals surface area contributed by atoms with E-state index in [-0.39, 0.29) is 24.5 Å². The van der Waals surface area contributed by atoms with E-state index in [2.05, 4.69) is 10.3 Å². The van der Waals surface area contributed by atoms with Crippen LogP contribution in [0, 0.1) is 10.1 Å². The minimum Gasteiger partial charge on any atom is -0.465 e. The molecular weight excluding hydrogens is 334 g/mol. The zero-order valence-corrected chi connectivity index (χ0v) is 13.1. The van der Waals surface area contributed by atoms with Crippen LogP contribution in [0.25, 0.3) is 0 Å². The normalized spacial score (nSPS) is 21.6. The average molecular weight is 347 g/mol. The SMILES string of the molecule is CCOC(=O)CN1N=N[C@@H]2C(=O)N(c3ccc([N+](=O)[O-])cc3)C(=O)[C@H]21. The Morgan fingerprint density at radius 2 is 1.96 bits per heavy atom. The van der Waals surface area contributed by atoms with Crippen molar-refractivity contribution in [1.29, 1.82) is 0 Å². The van der Waals surface area contributed by atoms with Crippen LogP contribution in [0.4, 0.5) is 11.4 Å². The summed E-state index contributed by atoms with van der Waals surface area (Å²) in [5.74, 6) is -1.78. The number of nitro groups is 1. The highest BCUT2D eigenvalue weighted by Crippen LogP contribution is 2.32. The summed E-state index contributed by atoms with van der Waals surface area (Å²) in [5.41, 5.74) is 0.0351. The molecule has 0 aromatic heterocycles. The molecule has 2 heterocycles. The van der Waals surface area contributed by atoms with Gasteiger partial charge in [-0.25, -0.2) is 4.90 Å². The predicted molar refractivity (Wildman–Crippen MR) is 81.4 cm³/mol. The topological polar surface area (TPSA) is 135 Å². The van der Waals surface area contributed by atoms with Crippen LogP contribution in [0.2, 0.25) is 0 Å². The van der Waals surface area contributed by atoms with Crippen LogP contribution in [-0.2, 0) is 19.1 Å². The largest absolute Gasteiger partial charge is 0.465 e. The molecule has 25 heavy (non-hydrogen) atoms. The second-order valence-electron chi connectivity index (χ2n) is 5.28. The average Bonchev–Trinajstić information content (AvgIpc) is 3.08. The molecular formula is C14H13N5O6. The molecule has 0 spiro atoms. The van der Waals surface area contributed by atoms with Gasteiger partial charge < -0.3 is 4.74 Å². The van der Waals surface area contributed by atoms with Gasteiger partial charge in [0.05, 0.1) is 17.2 Å². The fourth-order valence-electron chi connectivity index (χ4n) is 2.67. The first kappa shape index (κ1) is 16.5. The molecule has 0 N–H and O–H groups in total. The number of benzene rings is 1. The van der Waals surface area contributed by atoms with Crippen LogP contribution in [0.15, 0.2) is 34.6 Å². The molecule has 3 rings (SSSR count). The number of hydrogen-bond acceptors (Lipinski definition) is 9. The number of nitro benzene ring substituents is 1. The van der Waals surface area contributed by atoms with Gasteiger partial charge >= 0.3 is 5.97 Å². The first-order chi connectivity index (χ1) is 11.9. The maximum atomic E-state index is 12.6. The first-order valence-electron chi connectivity index (χ1n) is 7.39. The molecule has 0 saturated carbocycles. The van der Waals surface area contributed by atoms with Crippen molar-refractivity contribution in [1.82, 2.24) is 5.01 Å². The number of carbonyl (C=O) groups is 3. The van der Waals surface area contributed by atoms with Crippen molar-refractivity contribution in [2.24, 2.45) is 10.3 Å². The summed E-state index contributed by atoms with van der Waals surface area (Å²) >= 11 is 0. The van der Waals surface area contributed by atoms with Gasteiger partial charge in [0, 0.05) is 12.1 Å². The summed E-state index contributed by atoms with van der Waals surface area (Å²) in [6, 6.07) is 2.94. The highest BCUT2D eigenvalue weighted by Gasteiger charge is 2.55. The predicted octanol–water partition coefficient (Wildman–Crippen LogP) is 0.451. The number of esters is 1. The summed E-state index contributed by atoms with van der Waals surface area (Å²) in [5, 5.41) is 19.3. The molecule has 11 heteroatoms. The molecule has 1 aromatic rings. The number of fused-ring (bicyclic) bond motifs is 1. The molecule has 2 amide bonds. The van der Waals surface area contributed by atoms with Crippen LogP contribution in [0.3, 0.4) is 0 Å². The molecule has 0 aliphatic carbocycles. The number of hydrogen-bond donors (Lipinski definition) is 0. The monoisotopic (exact) mass is 347 g/mol. The van der Waals surface area contributed by atoms with E-state index in [0.717, 1.165) is 9.91 Å². The first-order valence-corrected chi connectivity index (χ1v) is 7.39. The molecule has 2 aliphatic heterocycles. The Bertz CT molecular complexity index is 776. The Hall–Kier alpha value is -3.37. The van der Waals surface area contributed by atoms with E-state index in [0.29, 0.717) is 0 Å². The summed E-state index contributed by atoms with van der Waals surface area (Å²) in [7, 11) is 0. The van der Waals surface area contributed by atoms with Crippen LogP contribution in [0.5, 0.6) is 0 Å². The maximum absolute atomic E-state index is 12.6. The van der Waals surface area contributed by atoms with Crippen molar-refractivity contribution in [3.63, 3.8) is 0 Å². The minimum atomic E-state index is -1.04. The third kappa shape index (κ3) is 2.79. The van der Waals surface area contributed by atoms with Gasteiger partial charge in [0.25, 0.3) is 17.5 Å². The van der Waals surface area contributed by atoms with Gasteiger partial charge in [-0.2, -0.15) is 5.11 Å². The number of imide groups is 1. The molecule has 0 radical (unpaired) electrons. The van der Waals surface area contributed by atoms with Gasteiger partial charge in [0.2, 0.25) is 0 Å². The van der Waals surface area contributed by atoms with Crippen molar-refractivity contribution in [3.05, 3.63) is 34.4 Å². The van der Waals surface area contributed by atoms with E-state index in [1.54, 1.807) is 6.92 Å². The fourth-order valence-corrected chi connectivity index (χ4v) is 2.67. The number of non-ortho nitro benzene ring substituents is 1. The third-order valence-corrected chi connectivity index (χ3v) is 3.77. The Balaban J connectivity index is 1.82. The van der Waals surface area contributed by atoms with Crippen molar-refractivity contribution >= 4 is 29.2 Å². The molecule has 1 aromatic carbocycles. The van der Waals surface area contributed by atoms with Crippen LogP contribution in [0.1, 0.15) is 6.92 Å². The van der Waals surface area contributed by atoms with E-state index >= 15 is 0 Å². The lowest BCUT2D eigenvalue weighted by Crippen LogP contribution is -2.42. The van der Waals surface area contributed by atoms with E-state index in [1.807, 2.05) is 0 Å². The number of rotatable bonds is 5. The Kier molecular flexibility index (Phi) is 4.13. The molecule has 11 nitrogen and oxygen atoms in total. The lowest BCUT2D eigenvalue weighted by Gasteiger charge is -2.19. The van der Waals surface area contributed by atoms with Gasteiger partial charge in [-0.3, -0.25) is 29.5 Å². The lowest BCUT2D eigenvalue weighted by molar-refractivity contribution is -0.384. The summed E-state index contributed by atoms with van der Waals surface area (Å²) < 4.78 is 4.81. The van der Waals surface area contributed by atoms with E-state index < -0.39 is 34.8 Å². The van der Waals surface area contributed by atoms with E-state index in [4.69, 9.17) is 4.74 Å². The Labute approximate surface area is 141 Å². The van der Waals surface area contributed by atoms with Gasteiger partial charge in [-0.15, -0.1) is 0 Å². The van der Waals surface area contributed by atoms with Gasteiger partial charge in [0.1, 0.15) is 6.54 Å². The molecule has 1 saturated heterocycles. The summed E-state index contributed by atoms with van der Waals surface area (Å²) in [6.45, 7) is 1.53. The third-order valence-electron chi connectivity index (χ3n) is 3.77. The number of nitrogens with zero attached hydrogens (tertiary/aromatic N) is 5. The zero-order valence-electron chi connectivity index (χ0n) is 13.1. The van der Waals surface area contributed by atoms with Gasteiger partial charge in [-0.05, 0) is 19.1 Å². The standard InChI is InChI=1S/C14H13N5O6/c1-2-25-10(20)7-17-12-11(15-16-17)13(21)18(14(12)22)8-3-5-9(6-4-8)19(23)24/h3-6,11-12H,2,7H2,1H3/t11-,12-/m0/s1. The number of anilines is 1.